The lowest BCUT2D eigenvalue weighted by Gasteiger charge is -2.15. The molecule has 1 aliphatic rings. The van der Waals surface area contributed by atoms with Crippen molar-refractivity contribution in [2.24, 2.45) is 5.92 Å². The van der Waals surface area contributed by atoms with Crippen molar-refractivity contribution in [3.05, 3.63) is 0 Å². The van der Waals surface area contributed by atoms with Gasteiger partial charge in [-0.1, -0.05) is 6.92 Å². The molecule has 1 rings (SSSR count). The molecule has 18 heavy (non-hydrogen) atoms. The molecule has 1 atom stereocenters. The Hall–Kier alpha value is -1.59. The number of hydrogen-bond acceptors (Lipinski definition) is 3. The Labute approximate surface area is 106 Å². The molecule has 1 unspecified atom stereocenters. The van der Waals surface area contributed by atoms with Gasteiger partial charge in [0, 0.05) is 32.5 Å². The second-order valence-electron chi connectivity index (χ2n) is 4.51. The number of amides is 2. The Morgan fingerprint density at radius 2 is 2.06 bits per heavy atom. The minimum atomic E-state index is -0.856. The summed E-state index contributed by atoms with van der Waals surface area (Å²) in [5.41, 5.74) is 0. The summed E-state index contributed by atoms with van der Waals surface area (Å²) in [7, 11) is 0. The van der Waals surface area contributed by atoms with Crippen molar-refractivity contribution >= 4 is 17.8 Å². The first kappa shape index (κ1) is 14.5. The van der Waals surface area contributed by atoms with Crippen LogP contribution >= 0.6 is 0 Å². The summed E-state index contributed by atoms with van der Waals surface area (Å²) >= 11 is 0. The molecule has 0 aromatic rings. The normalized spacial score (nSPS) is 18.7. The molecule has 6 heteroatoms. The average Bonchev–Trinajstić information content (AvgIpc) is 2.83. The number of hydrogen-bond donors (Lipinski definition) is 2. The first-order valence-electron chi connectivity index (χ1n) is 6.31. The van der Waals surface area contributed by atoms with Crippen molar-refractivity contribution in [3.63, 3.8) is 0 Å². The van der Waals surface area contributed by atoms with E-state index < -0.39 is 11.9 Å². The third-order valence-electron chi connectivity index (χ3n) is 3.03. The number of nitrogens with zero attached hydrogens (tertiary/aromatic N) is 1. The second-order valence-corrected chi connectivity index (χ2v) is 4.51. The molecule has 2 amide bonds. The molecule has 0 saturated carbocycles. The van der Waals surface area contributed by atoms with Crippen LogP contribution in [-0.2, 0) is 14.4 Å². The van der Waals surface area contributed by atoms with Crippen molar-refractivity contribution in [1.29, 1.82) is 0 Å². The van der Waals surface area contributed by atoms with Gasteiger partial charge in [0.2, 0.25) is 11.8 Å². The summed E-state index contributed by atoms with van der Waals surface area (Å²) < 4.78 is 0. The van der Waals surface area contributed by atoms with Crippen LogP contribution in [0, 0.1) is 5.92 Å². The summed E-state index contributed by atoms with van der Waals surface area (Å²) in [5, 5.41) is 11.5. The highest BCUT2D eigenvalue weighted by atomic mass is 16.4. The maximum Gasteiger partial charge on any atom is 0.308 e. The van der Waals surface area contributed by atoms with Gasteiger partial charge in [0.15, 0.2) is 0 Å². The van der Waals surface area contributed by atoms with Crippen LogP contribution in [0.15, 0.2) is 0 Å². The minimum Gasteiger partial charge on any atom is -0.481 e. The van der Waals surface area contributed by atoms with Gasteiger partial charge in [0.1, 0.15) is 0 Å². The largest absolute Gasteiger partial charge is 0.481 e. The first-order chi connectivity index (χ1) is 8.54. The standard InChI is InChI=1S/C12H20N2O4/c1-2-6-13-10(15)3-4-11(16)14-7-5-9(8-14)12(17)18/h9H,2-8H2,1H3,(H,13,15)(H,17,18). The van der Waals surface area contributed by atoms with Crippen LogP contribution in [0.3, 0.4) is 0 Å². The Balaban J connectivity index is 2.25. The summed E-state index contributed by atoms with van der Waals surface area (Å²) in [5.74, 6) is -1.57. The highest BCUT2D eigenvalue weighted by Crippen LogP contribution is 2.17. The van der Waals surface area contributed by atoms with Gasteiger partial charge >= 0.3 is 5.97 Å². The van der Waals surface area contributed by atoms with E-state index in [9.17, 15) is 14.4 Å². The van der Waals surface area contributed by atoms with E-state index in [1.54, 1.807) is 0 Å². The summed E-state index contributed by atoms with van der Waals surface area (Å²) in [6, 6.07) is 0. The predicted molar refractivity (Wildman–Crippen MR) is 64.9 cm³/mol. The van der Waals surface area contributed by atoms with Gasteiger partial charge in [0.25, 0.3) is 0 Å². The summed E-state index contributed by atoms with van der Waals surface area (Å²) in [4.78, 5) is 35.3. The molecule has 1 heterocycles. The van der Waals surface area contributed by atoms with Crippen LogP contribution < -0.4 is 5.32 Å². The molecule has 1 aliphatic heterocycles. The lowest BCUT2D eigenvalue weighted by Crippen LogP contribution is -2.31. The third-order valence-corrected chi connectivity index (χ3v) is 3.03. The molecule has 1 fully saturated rings. The Morgan fingerprint density at radius 1 is 1.33 bits per heavy atom. The minimum absolute atomic E-state index is 0.126. The van der Waals surface area contributed by atoms with Crippen LogP contribution in [0.25, 0.3) is 0 Å². The zero-order valence-electron chi connectivity index (χ0n) is 10.6. The fourth-order valence-electron chi connectivity index (χ4n) is 1.92. The Kier molecular flexibility index (Phi) is 5.61. The van der Waals surface area contributed by atoms with Gasteiger partial charge in [-0.3, -0.25) is 14.4 Å². The smallest absolute Gasteiger partial charge is 0.308 e. The molecule has 0 spiro atoms. The van der Waals surface area contributed by atoms with Gasteiger partial charge in [-0.15, -0.1) is 0 Å². The van der Waals surface area contributed by atoms with Crippen molar-refractivity contribution in [2.75, 3.05) is 19.6 Å². The number of carbonyl (C=O) groups excluding carboxylic acids is 2. The molecule has 0 bridgehead atoms. The summed E-state index contributed by atoms with van der Waals surface area (Å²) in [6.07, 6.45) is 1.70. The third kappa shape index (κ3) is 4.35. The lowest BCUT2D eigenvalue weighted by atomic mass is 10.1. The Morgan fingerprint density at radius 3 is 2.61 bits per heavy atom. The zero-order chi connectivity index (χ0) is 13.5. The second kappa shape index (κ2) is 6.98. The monoisotopic (exact) mass is 256 g/mol. The molecule has 0 aromatic heterocycles. The highest BCUT2D eigenvalue weighted by molar-refractivity contribution is 5.84. The van der Waals surface area contributed by atoms with Crippen LogP contribution in [0.5, 0.6) is 0 Å². The van der Waals surface area contributed by atoms with E-state index in [2.05, 4.69) is 5.32 Å². The van der Waals surface area contributed by atoms with Crippen LogP contribution in [0.4, 0.5) is 0 Å². The quantitative estimate of drug-likeness (QED) is 0.712. The maximum absolute atomic E-state index is 11.7. The van der Waals surface area contributed by atoms with E-state index in [1.165, 1.54) is 4.90 Å². The number of aliphatic carboxylic acids is 1. The molecule has 0 aromatic carbocycles. The van der Waals surface area contributed by atoms with Crippen molar-refractivity contribution in [3.8, 4) is 0 Å². The van der Waals surface area contributed by atoms with Crippen molar-refractivity contribution < 1.29 is 19.5 Å². The SMILES string of the molecule is CCCNC(=O)CCC(=O)N1CCC(C(=O)O)C1. The molecule has 1 saturated heterocycles. The molecule has 0 aliphatic carbocycles. The van der Waals surface area contributed by atoms with Crippen molar-refractivity contribution in [1.82, 2.24) is 10.2 Å². The van der Waals surface area contributed by atoms with E-state index in [1.807, 2.05) is 6.92 Å². The fraction of sp³-hybridized carbons (Fsp3) is 0.750. The average molecular weight is 256 g/mol. The zero-order valence-corrected chi connectivity index (χ0v) is 10.6. The van der Waals surface area contributed by atoms with Crippen molar-refractivity contribution in [2.45, 2.75) is 32.6 Å². The van der Waals surface area contributed by atoms with Crippen LogP contribution in [0.2, 0.25) is 0 Å². The van der Waals surface area contributed by atoms with E-state index in [0.29, 0.717) is 19.5 Å². The van der Waals surface area contributed by atoms with Gasteiger partial charge < -0.3 is 15.3 Å². The fourth-order valence-corrected chi connectivity index (χ4v) is 1.92. The molecule has 2 N–H and O–H groups in total. The highest BCUT2D eigenvalue weighted by Gasteiger charge is 2.30. The summed E-state index contributed by atoms with van der Waals surface area (Å²) in [6.45, 7) is 3.33. The molecule has 0 radical (unpaired) electrons. The Bertz CT molecular complexity index is 330. The van der Waals surface area contributed by atoms with Crippen LogP contribution in [0.1, 0.15) is 32.6 Å². The van der Waals surface area contributed by atoms with Gasteiger partial charge in [-0.05, 0) is 12.8 Å². The van der Waals surface area contributed by atoms with Gasteiger partial charge in [-0.2, -0.15) is 0 Å². The van der Waals surface area contributed by atoms with Crippen LogP contribution in [-0.4, -0.2) is 47.4 Å². The first-order valence-corrected chi connectivity index (χ1v) is 6.31. The molecule has 102 valence electrons. The van der Waals surface area contributed by atoms with E-state index >= 15 is 0 Å². The number of carbonyl (C=O) groups is 3. The van der Waals surface area contributed by atoms with Gasteiger partial charge in [0.05, 0.1) is 5.92 Å². The topological polar surface area (TPSA) is 86.7 Å². The molecular weight excluding hydrogens is 236 g/mol. The molecular formula is C12H20N2O4. The number of rotatable bonds is 6. The number of carboxylic acids is 1. The number of likely N-dealkylation sites (tertiary alicyclic amines) is 1. The predicted octanol–water partition coefficient (Wildman–Crippen LogP) is 0.226. The number of nitrogens with one attached hydrogen (secondary N) is 1. The van der Waals surface area contributed by atoms with Gasteiger partial charge in [-0.25, -0.2) is 0 Å². The number of carboxylic acid groups (broad SMARTS) is 1. The molecule has 6 nitrogen and oxygen atoms in total. The lowest BCUT2D eigenvalue weighted by molar-refractivity contribution is -0.141. The van der Waals surface area contributed by atoms with E-state index in [-0.39, 0.29) is 31.2 Å². The van der Waals surface area contributed by atoms with E-state index in [4.69, 9.17) is 5.11 Å². The maximum atomic E-state index is 11.7. The van der Waals surface area contributed by atoms with E-state index in [0.717, 1.165) is 6.42 Å².